The summed E-state index contributed by atoms with van der Waals surface area (Å²) < 4.78 is 7.31. The molecule has 3 aromatic carbocycles. The average Bonchev–Trinajstić information content (AvgIpc) is 3.64. The number of nitrogens with zero attached hydrogens (tertiary/aromatic N) is 1. The molecule has 0 unspecified atom stereocenters. The van der Waals surface area contributed by atoms with Crippen LogP contribution in [0.3, 0.4) is 0 Å². The number of pyridine rings is 1. The molecule has 6 heteroatoms. The summed E-state index contributed by atoms with van der Waals surface area (Å²) in [6.07, 6.45) is 6.69. The first kappa shape index (κ1) is 41.2. The zero-order chi connectivity index (χ0) is 37.3. The molecule has 0 fully saturated rings. The second-order valence-electron chi connectivity index (χ2n) is 15.4. The van der Waals surface area contributed by atoms with Gasteiger partial charge in [-0.05, 0) is 68.0 Å². The van der Waals surface area contributed by atoms with Crippen LogP contribution >= 0.6 is 11.3 Å². The summed E-state index contributed by atoms with van der Waals surface area (Å²) in [4.78, 5) is 18.3. The van der Waals surface area contributed by atoms with E-state index in [0.717, 1.165) is 59.1 Å². The Morgan fingerprint density at radius 1 is 0.846 bits per heavy atom. The van der Waals surface area contributed by atoms with E-state index in [9.17, 15) is 9.90 Å². The zero-order valence-electron chi connectivity index (χ0n) is 32.7. The summed E-state index contributed by atoms with van der Waals surface area (Å²) in [7, 11) is 0. The molecule has 0 spiro atoms. The van der Waals surface area contributed by atoms with Gasteiger partial charge in [0.15, 0.2) is 5.78 Å². The number of aromatic nitrogens is 1. The van der Waals surface area contributed by atoms with Crippen LogP contribution in [0.25, 0.3) is 53.5 Å². The van der Waals surface area contributed by atoms with Crippen LogP contribution in [0.15, 0.2) is 83.1 Å². The molecule has 1 radical (unpaired) electrons. The number of carbonyl (C=O) groups excluding carboxylic acids is 1. The molecule has 52 heavy (non-hydrogen) atoms. The van der Waals surface area contributed by atoms with Crippen molar-refractivity contribution in [1.29, 1.82) is 0 Å². The quantitative estimate of drug-likeness (QED) is 0.0892. The van der Waals surface area contributed by atoms with E-state index >= 15 is 0 Å². The maximum absolute atomic E-state index is 12.2. The second-order valence-corrected chi connectivity index (χ2v) is 16.5. The molecule has 0 amide bonds. The topological polar surface area (TPSA) is 63.3 Å². The molecule has 1 N–H and O–H groups in total. The first-order valence-electron chi connectivity index (χ1n) is 18.4. The van der Waals surface area contributed by atoms with Gasteiger partial charge in [0, 0.05) is 69.4 Å². The summed E-state index contributed by atoms with van der Waals surface area (Å²) in [6, 6.07) is 24.9. The molecule has 0 saturated heterocycles. The van der Waals surface area contributed by atoms with Crippen molar-refractivity contribution < 1.29 is 34.4 Å². The van der Waals surface area contributed by atoms with Crippen molar-refractivity contribution in [1.82, 2.24) is 4.98 Å². The molecule has 0 atom stereocenters. The molecule has 277 valence electrons. The van der Waals surface area contributed by atoms with Gasteiger partial charge in [0.05, 0.1) is 0 Å². The summed E-state index contributed by atoms with van der Waals surface area (Å²) in [5, 5.41) is 14.9. The number of hydrogen-bond donors (Lipinski definition) is 1. The van der Waals surface area contributed by atoms with Crippen molar-refractivity contribution in [3.8, 4) is 21.7 Å². The molecule has 0 aliphatic carbocycles. The fourth-order valence-electron chi connectivity index (χ4n) is 6.69. The number of thiophene rings is 1. The number of carbonyl (C=O) groups is 1. The number of ketones is 1. The van der Waals surface area contributed by atoms with Crippen molar-refractivity contribution in [3.05, 3.63) is 102 Å². The third-order valence-corrected chi connectivity index (χ3v) is 12.6. The molecule has 0 aliphatic heterocycles. The molecule has 6 rings (SSSR count). The number of para-hydroxylation sites is 1. The van der Waals surface area contributed by atoms with Crippen molar-refractivity contribution in [2.45, 2.75) is 107 Å². The van der Waals surface area contributed by atoms with E-state index in [1.54, 1.807) is 0 Å². The normalized spacial score (nSPS) is 12.6. The van der Waals surface area contributed by atoms with E-state index in [4.69, 9.17) is 9.40 Å². The van der Waals surface area contributed by atoms with Crippen LogP contribution in [0.2, 0.25) is 0 Å². The van der Waals surface area contributed by atoms with Crippen LogP contribution in [0, 0.1) is 30.7 Å². The predicted octanol–water partition coefficient (Wildman–Crippen LogP) is 13.9. The van der Waals surface area contributed by atoms with Gasteiger partial charge in [-0.25, -0.2) is 0 Å². The number of aliphatic hydroxyl groups is 1. The largest absolute Gasteiger partial charge is 0.512 e. The summed E-state index contributed by atoms with van der Waals surface area (Å²) in [6.45, 7) is 23.2. The summed E-state index contributed by atoms with van der Waals surface area (Å²) >= 11 is 1.81. The minimum Gasteiger partial charge on any atom is -0.512 e. The first-order chi connectivity index (χ1) is 24.1. The molecule has 4 nitrogen and oxygen atoms in total. The number of aliphatic hydroxyl groups excluding tert-OH is 1. The van der Waals surface area contributed by atoms with Crippen LogP contribution in [-0.2, 0) is 30.3 Å². The maximum atomic E-state index is 12.2. The van der Waals surface area contributed by atoms with Gasteiger partial charge in [-0.1, -0.05) is 110 Å². The van der Waals surface area contributed by atoms with E-state index < -0.39 is 0 Å². The Labute approximate surface area is 328 Å². The molecule has 3 heterocycles. The van der Waals surface area contributed by atoms with Crippen molar-refractivity contribution in [2.24, 2.45) is 10.8 Å². The van der Waals surface area contributed by atoms with Gasteiger partial charge in [-0.15, -0.1) is 40.5 Å². The maximum Gasteiger partial charge on any atom is 0.164 e. The van der Waals surface area contributed by atoms with E-state index in [1.165, 1.54) is 43.1 Å². The Kier molecular flexibility index (Phi) is 12.8. The van der Waals surface area contributed by atoms with Crippen LogP contribution in [-0.4, -0.2) is 15.9 Å². The van der Waals surface area contributed by atoms with Crippen molar-refractivity contribution in [3.63, 3.8) is 0 Å². The minimum absolute atomic E-state index is 0. The third kappa shape index (κ3) is 7.86. The van der Waals surface area contributed by atoms with Crippen molar-refractivity contribution in [2.75, 3.05) is 0 Å². The van der Waals surface area contributed by atoms with Gasteiger partial charge in [-0.3, -0.25) is 9.78 Å². The van der Waals surface area contributed by atoms with E-state index in [0.29, 0.717) is 0 Å². The summed E-state index contributed by atoms with van der Waals surface area (Å²) in [5.41, 5.74) is 6.18. The molecule has 0 bridgehead atoms. The zero-order valence-corrected chi connectivity index (χ0v) is 35.9. The van der Waals surface area contributed by atoms with E-state index in [2.05, 4.69) is 89.2 Å². The Bertz CT molecular complexity index is 2220. The monoisotopic (exact) mass is 893 g/mol. The molecular formula is C46H54IrNO3S-. The fourth-order valence-corrected chi connectivity index (χ4v) is 8.10. The second kappa shape index (κ2) is 16.2. The number of furan rings is 1. The SMILES string of the molecule is CCC(C)(CC)C(=O)/C=C(\O)C(C)(CC)CC.Cc1oc2ccccc2c1-c1sc2c(-c3[c-]c4ccccc4c(C(C)(C)C)c3)nccc2c1C.[Ir]. The number of aryl methyl sites for hydroxylation is 2. The van der Waals surface area contributed by atoms with Gasteiger partial charge in [-0.2, -0.15) is 0 Å². The molecular weight excluding hydrogens is 839 g/mol. The smallest absolute Gasteiger partial charge is 0.164 e. The number of fused-ring (bicyclic) bond motifs is 3. The van der Waals surface area contributed by atoms with Crippen LogP contribution in [0.4, 0.5) is 0 Å². The van der Waals surface area contributed by atoms with Gasteiger partial charge >= 0.3 is 0 Å². The molecule has 0 aliphatic rings. The van der Waals surface area contributed by atoms with Crippen LogP contribution < -0.4 is 0 Å². The Morgan fingerprint density at radius 2 is 1.44 bits per heavy atom. The van der Waals surface area contributed by atoms with Gasteiger partial charge in [0.1, 0.15) is 17.1 Å². The Hall–Kier alpha value is -3.57. The number of hydrogen-bond acceptors (Lipinski definition) is 5. The predicted molar refractivity (Wildman–Crippen MR) is 218 cm³/mol. The summed E-state index contributed by atoms with van der Waals surface area (Å²) in [5.74, 6) is 1.24. The van der Waals surface area contributed by atoms with E-state index in [-0.39, 0.29) is 47.9 Å². The van der Waals surface area contributed by atoms with Crippen LogP contribution in [0.5, 0.6) is 0 Å². The van der Waals surface area contributed by atoms with Gasteiger partial charge in [0.25, 0.3) is 0 Å². The molecule has 6 aromatic rings. The minimum atomic E-state index is -0.337. The fraction of sp³-hybridized carbons (Fsp3) is 0.391. The third-order valence-electron chi connectivity index (χ3n) is 11.3. The van der Waals surface area contributed by atoms with Gasteiger partial charge in [0.2, 0.25) is 0 Å². The van der Waals surface area contributed by atoms with E-state index in [1.807, 2.05) is 71.2 Å². The number of benzene rings is 3. The van der Waals surface area contributed by atoms with Crippen LogP contribution in [0.1, 0.15) is 105 Å². The average molecular weight is 893 g/mol. The van der Waals surface area contributed by atoms with Gasteiger partial charge < -0.3 is 9.52 Å². The molecule has 3 aromatic heterocycles. The Morgan fingerprint density at radius 3 is 2.06 bits per heavy atom. The number of rotatable bonds is 9. The Balaban J connectivity index is 0.000000289. The molecule has 0 saturated carbocycles. The first-order valence-corrected chi connectivity index (χ1v) is 19.2. The van der Waals surface area contributed by atoms with Crippen molar-refractivity contribution >= 4 is 48.9 Å². The standard InChI is InChI=1S/C31H26NOS.C15H28O2.Ir/c1-18-22-14-15-32-28(21-16-20-10-6-7-11-23(20)25(17-21)31(3,4)5)30(22)34-29(18)27-19(2)33-26-13-9-8-12-24(26)27;1-7-14(5,8-2)12(16)11-13(17)15(6,9-3)10-4;/h6-15,17H,1-5H3;11,16H,7-10H2,1-6H3;/q-1;;/b;12-11-;. The number of allylic oxidation sites excluding steroid dienone is 2.